The molecule has 0 radical (unpaired) electrons. The number of nitrogens with zero attached hydrogens (tertiary/aromatic N) is 2. The Labute approximate surface area is 116 Å². The Morgan fingerprint density at radius 2 is 1.90 bits per heavy atom. The summed E-state index contributed by atoms with van der Waals surface area (Å²) in [5, 5.41) is 8.91. The zero-order chi connectivity index (χ0) is 14.9. The number of urea groups is 1. The quantitative estimate of drug-likeness (QED) is 0.921. The SMILES string of the molecule is CC(C(=O)O)C1CN(C(=O)N(C)c2ccc(F)cc2)C1. The number of carbonyl (C=O) groups is 2. The van der Waals surface area contributed by atoms with E-state index >= 15 is 0 Å². The van der Waals surface area contributed by atoms with Crippen molar-refractivity contribution in [3.05, 3.63) is 30.1 Å². The lowest BCUT2D eigenvalue weighted by molar-refractivity contribution is -0.144. The van der Waals surface area contributed by atoms with Crippen molar-refractivity contribution in [3.63, 3.8) is 0 Å². The molecule has 1 fully saturated rings. The van der Waals surface area contributed by atoms with E-state index in [1.54, 1.807) is 18.9 Å². The second-order valence-electron chi connectivity index (χ2n) is 5.11. The van der Waals surface area contributed by atoms with Gasteiger partial charge in [-0.25, -0.2) is 9.18 Å². The summed E-state index contributed by atoms with van der Waals surface area (Å²) in [6.07, 6.45) is 0. The van der Waals surface area contributed by atoms with Crippen molar-refractivity contribution < 1.29 is 19.1 Å². The zero-order valence-electron chi connectivity index (χ0n) is 11.4. The van der Waals surface area contributed by atoms with Crippen LogP contribution < -0.4 is 4.90 Å². The van der Waals surface area contributed by atoms with Gasteiger partial charge in [0.25, 0.3) is 0 Å². The Hall–Kier alpha value is -2.11. The number of rotatable bonds is 3. The number of aliphatic carboxylic acids is 1. The molecule has 108 valence electrons. The normalized spacial score (nSPS) is 16.4. The predicted molar refractivity (Wildman–Crippen MR) is 72.1 cm³/mol. The lowest BCUT2D eigenvalue weighted by Gasteiger charge is -2.42. The maximum Gasteiger partial charge on any atom is 0.324 e. The zero-order valence-corrected chi connectivity index (χ0v) is 11.4. The molecule has 1 aromatic carbocycles. The van der Waals surface area contributed by atoms with Crippen LogP contribution in [0.15, 0.2) is 24.3 Å². The van der Waals surface area contributed by atoms with Gasteiger partial charge in [0.1, 0.15) is 5.82 Å². The van der Waals surface area contributed by atoms with Gasteiger partial charge in [0, 0.05) is 31.7 Å². The Kier molecular flexibility index (Phi) is 3.92. The van der Waals surface area contributed by atoms with Crippen molar-refractivity contribution in [1.29, 1.82) is 0 Å². The van der Waals surface area contributed by atoms with E-state index in [0.717, 1.165) is 0 Å². The Morgan fingerprint density at radius 1 is 1.35 bits per heavy atom. The molecule has 1 aromatic rings. The summed E-state index contributed by atoms with van der Waals surface area (Å²) in [7, 11) is 1.61. The van der Waals surface area contributed by atoms with E-state index in [9.17, 15) is 14.0 Å². The molecule has 5 nitrogen and oxygen atoms in total. The standard InChI is InChI=1S/C14H17FN2O3/c1-9(13(18)19)10-7-17(8-10)14(20)16(2)12-5-3-11(15)4-6-12/h3-6,9-10H,7-8H2,1-2H3,(H,18,19). The van der Waals surface area contributed by atoms with Crippen LogP contribution in [-0.2, 0) is 4.79 Å². The summed E-state index contributed by atoms with van der Waals surface area (Å²) >= 11 is 0. The summed E-state index contributed by atoms with van der Waals surface area (Å²) in [4.78, 5) is 26.0. The highest BCUT2D eigenvalue weighted by Gasteiger charge is 2.38. The molecule has 2 rings (SSSR count). The molecule has 0 bridgehead atoms. The van der Waals surface area contributed by atoms with Crippen LogP contribution in [0.25, 0.3) is 0 Å². The third-order valence-electron chi connectivity index (χ3n) is 3.78. The minimum atomic E-state index is -0.839. The first kappa shape index (κ1) is 14.3. The van der Waals surface area contributed by atoms with Gasteiger partial charge in [-0.3, -0.25) is 9.69 Å². The monoisotopic (exact) mass is 280 g/mol. The van der Waals surface area contributed by atoms with Crippen LogP contribution >= 0.6 is 0 Å². The molecule has 1 saturated heterocycles. The average Bonchev–Trinajstić information content (AvgIpc) is 2.36. The molecule has 6 heteroatoms. The number of amides is 2. The van der Waals surface area contributed by atoms with E-state index in [2.05, 4.69) is 0 Å². The molecular formula is C14H17FN2O3. The summed E-state index contributed by atoms with van der Waals surface area (Å²) in [6.45, 7) is 2.54. The highest BCUT2D eigenvalue weighted by Crippen LogP contribution is 2.26. The van der Waals surface area contributed by atoms with Gasteiger partial charge in [-0.1, -0.05) is 6.92 Å². The van der Waals surface area contributed by atoms with Crippen LogP contribution in [0.5, 0.6) is 0 Å². The van der Waals surface area contributed by atoms with Crippen molar-refractivity contribution >= 4 is 17.7 Å². The average molecular weight is 280 g/mol. The van der Waals surface area contributed by atoms with E-state index in [1.165, 1.54) is 29.2 Å². The number of hydrogen-bond donors (Lipinski definition) is 1. The fraction of sp³-hybridized carbons (Fsp3) is 0.429. The number of likely N-dealkylation sites (tertiary alicyclic amines) is 1. The molecule has 20 heavy (non-hydrogen) atoms. The second-order valence-corrected chi connectivity index (χ2v) is 5.11. The molecule has 0 spiro atoms. The molecule has 2 amide bonds. The second kappa shape index (κ2) is 5.48. The van der Waals surface area contributed by atoms with Gasteiger partial charge < -0.3 is 10.0 Å². The van der Waals surface area contributed by atoms with Crippen molar-refractivity contribution in [2.75, 3.05) is 25.0 Å². The van der Waals surface area contributed by atoms with Gasteiger partial charge in [0.15, 0.2) is 0 Å². The van der Waals surface area contributed by atoms with Crippen LogP contribution in [0.1, 0.15) is 6.92 Å². The summed E-state index contributed by atoms with van der Waals surface area (Å²) in [5.74, 6) is -1.64. The molecule has 0 saturated carbocycles. The first-order chi connectivity index (χ1) is 9.40. The smallest absolute Gasteiger partial charge is 0.324 e. The lowest BCUT2D eigenvalue weighted by Crippen LogP contribution is -2.56. The number of carboxylic acids is 1. The van der Waals surface area contributed by atoms with Crippen molar-refractivity contribution in [2.24, 2.45) is 11.8 Å². The van der Waals surface area contributed by atoms with Gasteiger partial charge in [-0.15, -0.1) is 0 Å². The Bertz CT molecular complexity index is 512. The van der Waals surface area contributed by atoms with Gasteiger partial charge in [-0.2, -0.15) is 0 Å². The highest BCUT2D eigenvalue weighted by atomic mass is 19.1. The largest absolute Gasteiger partial charge is 0.481 e. The van der Waals surface area contributed by atoms with Crippen molar-refractivity contribution in [2.45, 2.75) is 6.92 Å². The maximum absolute atomic E-state index is 12.8. The first-order valence-electron chi connectivity index (χ1n) is 6.41. The molecule has 1 aliphatic rings. The van der Waals surface area contributed by atoms with Crippen molar-refractivity contribution in [3.8, 4) is 0 Å². The van der Waals surface area contributed by atoms with E-state index in [0.29, 0.717) is 18.8 Å². The number of anilines is 1. The topological polar surface area (TPSA) is 60.9 Å². The molecule has 0 aliphatic carbocycles. The summed E-state index contributed by atoms with van der Waals surface area (Å²) in [6, 6.07) is 5.45. The van der Waals surface area contributed by atoms with E-state index < -0.39 is 11.9 Å². The molecule has 1 N–H and O–H groups in total. The maximum atomic E-state index is 12.8. The number of benzene rings is 1. The lowest BCUT2D eigenvalue weighted by atomic mass is 9.87. The first-order valence-corrected chi connectivity index (χ1v) is 6.41. The fourth-order valence-corrected chi connectivity index (χ4v) is 2.17. The third kappa shape index (κ3) is 2.74. The van der Waals surface area contributed by atoms with Crippen LogP contribution in [0.2, 0.25) is 0 Å². The summed E-state index contributed by atoms with van der Waals surface area (Å²) < 4.78 is 12.8. The van der Waals surface area contributed by atoms with Gasteiger partial charge in [0.05, 0.1) is 5.92 Å². The van der Waals surface area contributed by atoms with Crippen LogP contribution in [0.4, 0.5) is 14.9 Å². The number of halogens is 1. The fourth-order valence-electron chi connectivity index (χ4n) is 2.17. The Balaban J connectivity index is 1.93. The van der Waals surface area contributed by atoms with E-state index in [4.69, 9.17) is 5.11 Å². The van der Waals surface area contributed by atoms with Crippen LogP contribution in [0, 0.1) is 17.7 Å². The van der Waals surface area contributed by atoms with E-state index in [1.807, 2.05) is 0 Å². The van der Waals surface area contributed by atoms with Gasteiger partial charge in [-0.05, 0) is 24.3 Å². The van der Waals surface area contributed by atoms with Gasteiger partial charge in [0.2, 0.25) is 0 Å². The minimum absolute atomic E-state index is 0.00179. The molecule has 1 unspecified atom stereocenters. The number of hydrogen-bond acceptors (Lipinski definition) is 2. The van der Waals surface area contributed by atoms with Crippen molar-refractivity contribution in [1.82, 2.24) is 4.90 Å². The highest BCUT2D eigenvalue weighted by molar-refractivity contribution is 5.92. The van der Waals surface area contributed by atoms with Gasteiger partial charge >= 0.3 is 12.0 Å². The molecule has 0 aromatic heterocycles. The minimum Gasteiger partial charge on any atom is -0.481 e. The van der Waals surface area contributed by atoms with Crippen LogP contribution in [0.3, 0.4) is 0 Å². The molecular weight excluding hydrogens is 263 g/mol. The molecule has 1 aliphatic heterocycles. The number of carboxylic acid groups (broad SMARTS) is 1. The number of carbonyl (C=O) groups excluding carboxylic acids is 1. The molecule has 1 heterocycles. The molecule has 1 atom stereocenters. The van der Waals surface area contributed by atoms with E-state index in [-0.39, 0.29) is 17.8 Å². The third-order valence-corrected chi connectivity index (χ3v) is 3.78. The van der Waals surface area contributed by atoms with Crippen LogP contribution in [-0.4, -0.2) is 42.1 Å². The predicted octanol–water partition coefficient (Wildman–Crippen LogP) is 2.03. The summed E-state index contributed by atoms with van der Waals surface area (Å²) in [5.41, 5.74) is 0.603. The Morgan fingerprint density at radius 3 is 2.40 bits per heavy atom.